The van der Waals surface area contributed by atoms with Crippen LogP contribution in [0.25, 0.3) is 21.8 Å². The summed E-state index contributed by atoms with van der Waals surface area (Å²) in [5, 5.41) is 3.72. The SMILES string of the molecule is Cc1sccc1S(=O)(=O)n1c2ccccc2c2ccccc21. The number of hydrogen-bond donors (Lipinski definition) is 0. The molecule has 0 atom stereocenters. The molecule has 2 heterocycles. The van der Waals surface area contributed by atoms with Gasteiger partial charge in [-0.3, -0.25) is 0 Å². The van der Waals surface area contributed by atoms with Crippen molar-refractivity contribution in [3.05, 3.63) is 64.9 Å². The van der Waals surface area contributed by atoms with Gasteiger partial charge in [0.2, 0.25) is 0 Å². The number of benzene rings is 2. The van der Waals surface area contributed by atoms with Crippen LogP contribution in [0.5, 0.6) is 0 Å². The minimum absolute atomic E-state index is 0.379. The molecule has 110 valence electrons. The van der Waals surface area contributed by atoms with Crippen LogP contribution in [0.1, 0.15) is 4.88 Å². The number of thiophene rings is 1. The van der Waals surface area contributed by atoms with Gasteiger partial charge in [-0.05, 0) is 30.5 Å². The second-order valence-corrected chi connectivity index (χ2v) is 8.02. The summed E-state index contributed by atoms with van der Waals surface area (Å²) in [4.78, 5) is 1.19. The highest BCUT2D eigenvalue weighted by Gasteiger charge is 2.24. The number of aromatic nitrogens is 1. The molecule has 0 N–H and O–H groups in total. The zero-order valence-corrected chi connectivity index (χ0v) is 13.5. The number of hydrogen-bond acceptors (Lipinski definition) is 3. The molecule has 0 spiro atoms. The van der Waals surface area contributed by atoms with E-state index in [0.717, 1.165) is 15.6 Å². The van der Waals surface area contributed by atoms with Crippen molar-refractivity contribution in [1.29, 1.82) is 0 Å². The van der Waals surface area contributed by atoms with Crippen LogP contribution in [0, 0.1) is 6.92 Å². The lowest BCUT2D eigenvalue weighted by Gasteiger charge is -2.08. The van der Waals surface area contributed by atoms with Crippen molar-refractivity contribution in [2.75, 3.05) is 0 Å². The Labute approximate surface area is 132 Å². The van der Waals surface area contributed by atoms with Crippen molar-refractivity contribution < 1.29 is 8.42 Å². The van der Waals surface area contributed by atoms with Crippen LogP contribution in [0.15, 0.2) is 64.9 Å². The van der Waals surface area contributed by atoms with E-state index in [2.05, 4.69) is 0 Å². The number of para-hydroxylation sites is 2. The third-order valence-corrected chi connectivity index (χ3v) is 6.71. The minimum Gasteiger partial charge on any atom is -0.233 e. The summed E-state index contributed by atoms with van der Waals surface area (Å²) >= 11 is 1.45. The van der Waals surface area contributed by atoms with Gasteiger partial charge in [0.15, 0.2) is 0 Å². The van der Waals surface area contributed by atoms with Gasteiger partial charge in [-0.15, -0.1) is 11.3 Å². The quantitative estimate of drug-likeness (QED) is 0.547. The highest BCUT2D eigenvalue weighted by molar-refractivity contribution is 7.90. The van der Waals surface area contributed by atoms with Gasteiger partial charge >= 0.3 is 0 Å². The molecule has 3 nitrogen and oxygen atoms in total. The highest BCUT2D eigenvalue weighted by atomic mass is 32.2. The number of nitrogens with zero attached hydrogens (tertiary/aromatic N) is 1. The number of fused-ring (bicyclic) bond motifs is 3. The first-order valence-corrected chi connectivity index (χ1v) is 9.20. The van der Waals surface area contributed by atoms with Gasteiger partial charge in [0.05, 0.1) is 11.0 Å². The predicted molar refractivity (Wildman–Crippen MR) is 91.1 cm³/mol. The average molecular weight is 327 g/mol. The lowest BCUT2D eigenvalue weighted by molar-refractivity contribution is 0.590. The van der Waals surface area contributed by atoms with Crippen molar-refractivity contribution in [3.8, 4) is 0 Å². The van der Waals surface area contributed by atoms with E-state index in [0.29, 0.717) is 15.9 Å². The maximum absolute atomic E-state index is 13.2. The lowest BCUT2D eigenvalue weighted by Crippen LogP contribution is -2.12. The smallest absolute Gasteiger partial charge is 0.233 e. The van der Waals surface area contributed by atoms with E-state index in [1.165, 1.54) is 15.3 Å². The first-order chi connectivity index (χ1) is 10.6. The lowest BCUT2D eigenvalue weighted by atomic mass is 10.2. The Kier molecular flexibility index (Phi) is 2.89. The van der Waals surface area contributed by atoms with E-state index in [1.807, 2.05) is 60.8 Å². The van der Waals surface area contributed by atoms with Crippen molar-refractivity contribution in [1.82, 2.24) is 3.97 Å². The summed E-state index contributed by atoms with van der Waals surface area (Å²) in [7, 11) is -3.61. The molecule has 2 aromatic heterocycles. The first kappa shape index (κ1) is 13.5. The monoisotopic (exact) mass is 327 g/mol. The molecule has 2 aromatic carbocycles. The van der Waals surface area contributed by atoms with E-state index >= 15 is 0 Å². The van der Waals surface area contributed by atoms with Crippen molar-refractivity contribution in [3.63, 3.8) is 0 Å². The zero-order chi connectivity index (χ0) is 15.3. The van der Waals surface area contributed by atoms with Gasteiger partial charge in [0.25, 0.3) is 10.0 Å². The standard InChI is InChI=1S/C17H13NO2S2/c1-12-17(10-11-21-12)22(19,20)18-15-8-4-2-6-13(15)14-7-3-5-9-16(14)18/h2-11H,1H3. The minimum atomic E-state index is -3.61. The Bertz CT molecular complexity index is 1050. The predicted octanol–water partition coefficient (Wildman–Crippen LogP) is 4.40. The fourth-order valence-corrected chi connectivity index (χ4v) is 5.66. The summed E-state index contributed by atoms with van der Waals surface area (Å²) < 4.78 is 27.8. The van der Waals surface area contributed by atoms with Gasteiger partial charge < -0.3 is 0 Å². The van der Waals surface area contributed by atoms with Gasteiger partial charge in [0, 0.05) is 15.6 Å². The van der Waals surface area contributed by atoms with Crippen LogP contribution in [0.4, 0.5) is 0 Å². The van der Waals surface area contributed by atoms with Crippen LogP contribution in [-0.2, 0) is 10.0 Å². The fraction of sp³-hybridized carbons (Fsp3) is 0.0588. The molecule has 0 saturated carbocycles. The van der Waals surface area contributed by atoms with Crippen LogP contribution < -0.4 is 0 Å². The van der Waals surface area contributed by atoms with Crippen LogP contribution in [-0.4, -0.2) is 12.4 Å². The molecule has 0 radical (unpaired) electrons. The molecule has 0 aliphatic carbocycles. The summed E-state index contributed by atoms with van der Waals surface area (Å²) in [5.74, 6) is 0. The second kappa shape index (κ2) is 4.69. The summed E-state index contributed by atoms with van der Waals surface area (Å²) in [5.41, 5.74) is 1.43. The number of rotatable bonds is 2. The zero-order valence-electron chi connectivity index (χ0n) is 11.9. The molecular weight excluding hydrogens is 314 g/mol. The normalized spacial score (nSPS) is 12.2. The summed E-state index contributed by atoms with van der Waals surface area (Å²) in [6.45, 7) is 1.84. The van der Waals surface area contributed by atoms with Gasteiger partial charge in [-0.1, -0.05) is 36.4 Å². The average Bonchev–Trinajstić information content (AvgIpc) is 3.09. The van der Waals surface area contributed by atoms with Crippen molar-refractivity contribution >= 4 is 43.2 Å². The Morgan fingerprint density at radius 3 is 1.91 bits per heavy atom. The summed E-state index contributed by atoms with van der Waals surface area (Å²) in [6.07, 6.45) is 0. The Morgan fingerprint density at radius 2 is 1.41 bits per heavy atom. The Morgan fingerprint density at radius 1 is 0.864 bits per heavy atom. The highest BCUT2D eigenvalue weighted by Crippen LogP contribution is 2.33. The third kappa shape index (κ3) is 1.76. The summed E-state index contributed by atoms with van der Waals surface area (Å²) in [6, 6.07) is 16.9. The largest absolute Gasteiger partial charge is 0.269 e. The van der Waals surface area contributed by atoms with Crippen molar-refractivity contribution in [2.24, 2.45) is 0 Å². The number of aryl methyl sites for hydroxylation is 1. The van der Waals surface area contributed by atoms with Crippen molar-refractivity contribution in [2.45, 2.75) is 11.8 Å². The Balaban J connectivity index is 2.21. The molecule has 0 saturated heterocycles. The molecule has 4 rings (SSSR count). The molecule has 0 bridgehead atoms. The van der Waals surface area contributed by atoms with Crippen LogP contribution in [0.2, 0.25) is 0 Å². The molecule has 0 aliphatic rings. The van der Waals surface area contributed by atoms with E-state index in [-0.39, 0.29) is 0 Å². The van der Waals surface area contributed by atoms with Crippen LogP contribution in [0.3, 0.4) is 0 Å². The molecule has 0 aliphatic heterocycles. The topological polar surface area (TPSA) is 39.1 Å². The first-order valence-electron chi connectivity index (χ1n) is 6.88. The molecule has 22 heavy (non-hydrogen) atoms. The van der Waals surface area contributed by atoms with Crippen LogP contribution >= 0.6 is 11.3 Å². The Hall–Kier alpha value is -2.11. The molecule has 0 unspecified atom stereocenters. The molecule has 4 aromatic rings. The molecule has 0 fully saturated rings. The molecule has 0 amide bonds. The third-order valence-electron chi connectivity index (χ3n) is 3.87. The maximum atomic E-state index is 13.2. The maximum Gasteiger partial charge on any atom is 0.269 e. The van der Waals surface area contributed by atoms with Gasteiger partial charge in [0.1, 0.15) is 4.90 Å². The van der Waals surface area contributed by atoms with E-state index < -0.39 is 10.0 Å². The fourth-order valence-electron chi connectivity index (χ4n) is 2.88. The molecule has 5 heteroatoms. The second-order valence-electron chi connectivity index (χ2n) is 5.14. The van der Waals surface area contributed by atoms with E-state index in [9.17, 15) is 8.42 Å². The van der Waals surface area contributed by atoms with E-state index in [1.54, 1.807) is 6.07 Å². The van der Waals surface area contributed by atoms with Gasteiger partial charge in [-0.25, -0.2) is 12.4 Å². The van der Waals surface area contributed by atoms with Gasteiger partial charge in [-0.2, -0.15) is 0 Å². The van der Waals surface area contributed by atoms with E-state index in [4.69, 9.17) is 0 Å². The molecular formula is C17H13NO2S2.